The number of fused-ring (bicyclic) bond motifs is 2. The summed E-state index contributed by atoms with van der Waals surface area (Å²) in [5, 5.41) is 0. The van der Waals surface area contributed by atoms with E-state index in [4.69, 9.17) is 15.0 Å². The van der Waals surface area contributed by atoms with Gasteiger partial charge in [-0.05, 0) is 121 Å². The lowest BCUT2D eigenvalue weighted by Gasteiger charge is -2.38. The minimum Gasteiger partial charge on any atom is -0.309 e. The number of hydrogen-bond acceptors (Lipinski definition) is 5. The highest BCUT2D eigenvalue weighted by atomic mass is 15.3. The molecule has 1 aliphatic heterocycles. The number of benzene rings is 8. The molecule has 9 aromatic rings. The Morgan fingerprint density at radius 3 is 1.32 bits per heavy atom. The van der Waals surface area contributed by atoms with Gasteiger partial charge < -0.3 is 4.90 Å². The molecule has 0 fully saturated rings. The normalized spacial score (nSPS) is 11.9. The van der Waals surface area contributed by atoms with E-state index in [1.807, 2.05) is 36.4 Å². The van der Waals surface area contributed by atoms with E-state index in [2.05, 4.69) is 191 Å². The third-order valence-corrected chi connectivity index (χ3v) is 12.2. The average molecular weight is 816 g/mol. The Kier molecular flexibility index (Phi) is 10.2. The van der Waals surface area contributed by atoms with E-state index in [0.717, 1.165) is 68.0 Å². The molecule has 0 saturated carbocycles. The fourth-order valence-electron chi connectivity index (χ4n) is 9.55. The lowest BCUT2D eigenvalue weighted by Crippen LogP contribution is -2.23. The molecule has 5 nitrogen and oxygen atoms in total. The molecule has 0 spiro atoms. The molecule has 63 heavy (non-hydrogen) atoms. The summed E-state index contributed by atoms with van der Waals surface area (Å²) >= 11 is 0. The van der Waals surface area contributed by atoms with Crippen LogP contribution in [-0.4, -0.2) is 15.0 Å². The van der Waals surface area contributed by atoms with Gasteiger partial charge in [-0.2, -0.15) is 9.97 Å². The van der Waals surface area contributed by atoms with Gasteiger partial charge in [0.15, 0.2) is 11.6 Å². The Bertz CT molecular complexity index is 2840. The number of hydrogen-bond donors (Lipinski definition) is 0. The van der Waals surface area contributed by atoms with Crippen LogP contribution in [0.2, 0.25) is 0 Å². The minimum atomic E-state index is 0.535. The third-order valence-electron chi connectivity index (χ3n) is 12.2. The van der Waals surface area contributed by atoms with Gasteiger partial charge in [-0.15, -0.1) is 0 Å². The van der Waals surface area contributed by atoms with Crippen LogP contribution in [0, 0.1) is 41.5 Å². The summed E-state index contributed by atoms with van der Waals surface area (Å²) in [6, 6.07) is 62.5. The van der Waals surface area contributed by atoms with Crippen molar-refractivity contribution in [2.45, 2.75) is 48.0 Å². The van der Waals surface area contributed by atoms with Crippen molar-refractivity contribution in [2.75, 3.05) is 9.80 Å². The van der Waals surface area contributed by atoms with Gasteiger partial charge in [0.2, 0.25) is 5.95 Å². The Morgan fingerprint density at radius 2 is 0.857 bits per heavy atom. The molecular weight excluding hydrogens is 767 g/mol. The Balaban J connectivity index is 1.30. The maximum Gasteiger partial charge on any atom is 0.238 e. The lowest BCUT2D eigenvalue weighted by molar-refractivity contribution is 1.01. The molecule has 1 aliphatic rings. The van der Waals surface area contributed by atoms with Crippen LogP contribution in [0.1, 0.15) is 44.5 Å². The van der Waals surface area contributed by atoms with Crippen LogP contribution in [0.25, 0.3) is 45.0 Å². The topological polar surface area (TPSA) is 45.2 Å². The fraction of sp³-hybridized carbons (Fsp3) is 0.121. The molecule has 0 bridgehead atoms. The highest BCUT2D eigenvalue weighted by molar-refractivity contribution is 5.93. The quantitative estimate of drug-likeness (QED) is 0.153. The lowest BCUT2D eigenvalue weighted by atomic mass is 9.88. The molecule has 5 heteroatoms. The molecule has 1 aromatic heterocycles. The third kappa shape index (κ3) is 7.46. The van der Waals surface area contributed by atoms with Crippen molar-refractivity contribution in [1.82, 2.24) is 15.0 Å². The zero-order valence-electron chi connectivity index (χ0n) is 36.7. The maximum atomic E-state index is 5.42. The van der Waals surface area contributed by atoms with Crippen molar-refractivity contribution < 1.29 is 0 Å². The van der Waals surface area contributed by atoms with Gasteiger partial charge >= 0.3 is 0 Å². The molecule has 0 N–H and O–H groups in total. The predicted octanol–water partition coefficient (Wildman–Crippen LogP) is 15.2. The van der Waals surface area contributed by atoms with Gasteiger partial charge in [-0.3, -0.25) is 4.90 Å². The second-order valence-electron chi connectivity index (χ2n) is 16.9. The SMILES string of the molecule is Cc1cc(C)c2c(c1)Cc1cc(C)cc(C)c1N2c1ccc(C)c(N(c2cc(-c3ccccc3)cc(-c3ccccc3)c2)c2nc(-c3ccccc3)nc(-c3ccccc3)n2)c1C. The fourth-order valence-corrected chi connectivity index (χ4v) is 9.55. The second-order valence-corrected chi connectivity index (χ2v) is 16.9. The van der Waals surface area contributed by atoms with Crippen LogP contribution in [0.3, 0.4) is 0 Å². The first-order valence-electron chi connectivity index (χ1n) is 21.7. The van der Waals surface area contributed by atoms with E-state index in [-0.39, 0.29) is 0 Å². The number of rotatable bonds is 8. The standard InChI is InChI=1S/C58H49N5/c1-37-29-40(4)54-49(31-37)34-50-32-38(2)30-41(5)55(50)63(54)52-28-27-39(3)53(42(52)6)62(51-35-47(43-19-11-7-12-20-43)33-48(36-51)44-21-13-8-14-22-44)58-60-56(45-23-15-9-16-24-45)59-57(61-58)46-25-17-10-18-26-46/h7-33,35-36H,34H2,1-6H3. The van der Waals surface area contributed by atoms with Crippen LogP contribution < -0.4 is 9.80 Å². The predicted molar refractivity (Wildman–Crippen MR) is 262 cm³/mol. The first kappa shape index (κ1) is 39.5. The smallest absolute Gasteiger partial charge is 0.238 e. The zero-order valence-corrected chi connectivity index (χ0v) is 36.7. The van der Waals surface area contributed by atoms with Crippen LogP contribution in [-0.2, 0) is 6.42 Å². The first-order chi connectivity index (χ1) is 30.7. The Morgan fingerprint density at radius 1 is 0.413 bits per heavy atom. The Hall–Kier alpha value is -7.63. The summed E-state index contributed by atoms with van der Waals surface area (Å²) in [5.74, 6) is 1.75. The first-order valence-corrected chi connectivity index (χ1v) is 21.7. The summed E-state index contributed by atoms with van der Waals surface area (Å²) in [4.78, 5) is 20.8. The number of nitrogens with zero attached hydrogens (tertiary/aromatic N) is 5. The van der Waals surface area contributed by atoms with E-state index < -0.39 is 0 Å². The summed E-state index contributed by atoms with van der Waals surface area (Å²) < 4.78 is 0. The molecule has 0 unspecified atom stereocenters. The van der Waals surface area contributed by atoms with Gasteiger partial charge in [0.1, 0.15) is 0 Å². The van der Waals surface area contributed by atoms with E-state index in [0.29, 0.717) is 17.6 Å². The molecule has 306 valence electrons. The molecule has 0 amide bonds. The van der Waals surface area contributed by atoms with Crippen molar-refractivity contribution in [3.63, 3.8) is 0 Å². The van der Waals surface area contributed by atoms with Gasteiger partial charge in [-0.1, -0.05) is 163 Å². The van der Waals surface area contributed by atoms with Crippen molar-refractivity contribution in [3.05, 3.63) is 220 Å². The zero-order chi connectivity index (χ0) is 43.2. The maximum absolute atomic E-state index is 5.42. The molecule has 0 radical (unpaired) electrons. The molecule has 2 heterocycles. The van der Waals surface area contributed by atoms with Crippen LogP contribution in [0.4, 0.5) is 34.4 Å². The van der Waals surface area contributed by atoms with Crippen LogP contribution >= 0.6 is 0 Å². The number of anilines is 6. The highest BCUT2D eigenvalue weighted by Gasteiger charge is 2.32. The molecular formula is C58H49N5. The summed E-state index contributed by atoms with van der Waals surface area (Å²) in [7, 11) is 0. The monoisotopic (exact) mass is 815 g/mol. The van der Waals surface area contributed by atoms with Crippen molar-refractivity contribution >= 4 is 34.4 Å². The molecule has 0 aliphatic carbocycles. The summed E-state index contributed by atoms with van der Waals surface area (Å²) in [6.45, 7) is 13.4. The minimum absolute atomic E-state index is 0.535. The average Bonchev–Trinajstić information content (AvgIpc) is 3.30. The molecule has 8 aromatic carbocycles. The van der Waals surface area contributed by atoms with E-state index in [1.54, 1.807) is 0 Å². The van der Waals surface area contributed by atoms with E-state index in [1.165, 1.54) is 44.8 Å². The summed E-state index contributed by atoms with van der Waals surface area (Å²) in [5.41, 5.74) is 21.8. The highest BCUT2D eigenvalue weighted by Crippen LogP contribution is 2.51. The van der Waals surface area contributed by atoms with Gasteiger partial charge in [0, 0.05) is 17.5 Å². The van der Waals surface area contributed by atoms with Gasteiger partial charge in [0.25, 0.3) is 0 Å². The van der Waals surface area contributed by atoms with Crippen molar-refractivity contribution in [3.8, 4) is 45.0 Å². The number of aryl methyl sites for hydroxylation is 5. The van der Waals surface area contributed by atoms with Crippen molar-refractivity contribution in [1.29, 1.82) is 0 Å². The van der Waals surface area contributed by atoms with Gasteiger partial charge in [0.05, 0.1) is 28.4 Å². The molecule has 10 rings (SSSR count). The second kappa shape index (κ2) is 16.3. The van der Waals surface area contributed by atoms with Gasteiger partial charge in [-0.25, -0.2) is 4.98 Å². The summed E-state index contributed by atoms with van der Waals surface area (Å²) in [6.07, 6.45) is 0.889. The van der Waals surface area contributed by atoms with Crippen molar-refractivity contribution in [2.24, 2.45) is 0 Å². The molecule has 0 saturated heterocycles. The number of aromatic nitrogens is 3. The largest absolute Gasteiger partial charge is 0.309 e. The van der Waals surface area contributed by atoms with E-state index >= 15 is 0 Å². The van der Waals surface area contributed by atoms with E-state index in [9.17, 15) is 0 Å². The Labute approximate surface area is 371 Å². The molecule has 0 atom stereocenters. The van der Waals surface area contributed by atoms with Crippen LogP contribution in [0.5, 0.6) is 0 Å². The van der Waals surface area contributed by atoms with Crippen LogP contribution in [0.15, 0.2) is 176 Å².